The van der Waals surface area contributed by atoms with Crippen LogP contribution in [0.5, 0.6) is 0 Å². The summed E-state index contributed by atoms with van der Waals surface area (Å²) in [7, 11) is 1.29. The molecule has 0 saturated carbocycles. The second kappa shape index (κ2) is 58.1. The summed E-state index contributed by atoms with van der Waals surface area (Å²) in [6.07, 6.45) is 83.1. The van der Waals surface area contributed by atoms with E-state index in [-0.39, 0.29) is 19.1 Å². The highest BCUT2D eigenvalue weighted by Gasteiger charge is 2.24. The maximum atomic E-state index is 13.0. The Labute approximate surface area is 477 Å². The maximum absolute atomic E-state index is 13.0. The average Bonchev–Trinajstić information content (AvgIpc) is 3.39. The van der Waals surface area contributed by atoms with E-state index < -0.39 is 20.0 Å². The normalized spacial score (nSPS) is 14.4. The zero-order chi connectivity index (χ0) is 56.3. The van der Waals surface area contributed by atoms with Crippen LogP contribution in [0.15, 0.2) is 97.2 Å². The summed E-state index contributed by atoms with van der Waals surface area (Å²) in [6, 6.07) is -0.817. The van der Waals surface area contributed by atoms with Gasteiger partial charge in [0.25, 0.3) is 7.82 Å². The van der Waals surface area contributed by atoms with E-state index in [0.717, 1.165) is 103 Å². The molecule has 2 N–H and O–H groups in total. The molecule has 0 aromatic heterocycles. The van der Waals surface area contributed by atoms with Crippen molar-refractivity contribution in [2.45, 2.75) is 289 Å². The molecule has 0 aromatic carbocycles. The molecule has 77 heavy (non-hydrogen) atoms. The molecule has 3 unspecified atom stereocenters. The van der Waals surface area contributed by atoms with Gasteiger partial charge in [-0.2, -0.15) is 0 Å². The first kappa shape index (κ1) is 74.4. The third kappa shape index (κ3) is 60.9. The number of rotatable bonds is 58. The quantitative estimate of drug-likeness (QED) is 0.0272. The van der Waals surface area contributed by atoms with Gasteiger partial charge < -0.3 is 28.8 Å². The fraction of sp³-hybridized carbons (Fsp3) is 0.750. The fourth-order valence-electron chi connectivity index (χ4n) is 9.12. The van der Waals surface area contributed by atoms with E-state index in [2.05, 4.69) is 116 Å². The smallest absolute Gasteiger partial charge is 0.268 e. The van der Waals surface area contributed by atoms with Crippen molar-refractivity contribution in [1.29, 1.82) is 0 Å². The summed E-state index contributed by atoms with van der Waals surface area (Å²) in [5.41, 5.74) is 0. The molecule has 3 atom stereocenters. The van der Waals surface area contributed by atoms with Crippen LogP contribution in [-0.2, 0) is 18.4 Å². The number of hydrogen-bond acceptors (Lipinski definition) is 6. The van der Waals surface area contributed by atoms with Crippen molar-refractivity contribution in [3.05, 3.63) is 97.2 Å². The number of phosphoric acid groups is 1. The number of quaternary nitrogens is 1. The number of phosphoric ester groups is 1. The Kier molecular flexibility index (Phi) is 56.1. The Bertz CT molecular complexity index is 1570. The molecule has 0 bridgehead atoms. The molecule has 1 amide bonds. The number of hydrogen-bond donors (Lipinski definition) is 2. The second-order valence-electron chi connectivity index (χ2n) is 22.7. The van der Waals surface area contributed by atoms with Gasteiger partial charge in [-0.3, -0.25) is 9.36 Å². The van der Waals surface area contributed by atoms with Gasteiger partial charge in [0.05, 0.1) is 39.9 Å². The van der Waals surface area contributed by atoms with Crippen LogP contribution in [0.3, 0.4) is 0 Å². The lowest BCUT2D eigenvalue weighted by molar-refractivity contribution is -0.870. The highest BCUT2D eigenvalue weighted by Crippen LogP contribution is 2.38. The predicted molar refractivity (Wildman–Crippen MR) is 334 cm³/mol. The molecular weight excluding hydrogens is 972 g/mol. The number of allylic oxidation sites excluding steroid dienone is 16. The Balaban J connectivity index is 4.19. The number of aliphatic hydroxyl groups is 1. The van der Waals surface area contributed by atoms with Crippen LogP contribution in [-0.4, -0.2) is 68.5 Å². The number of aliphatic hydroxyl groups excluding tert-OH is 1. The first-order valence-electron chi connectivity index (χ1n) is 32.1. The molecular formula is C68H123N2O6P. The van der Waals surface area contributed by atoms with Gasteiger partial charge in [0.2, 0.25) is 5.91 Å². The Morgan fingerprint density at radius 3 is 1.16 bits per heavy atom. The largest absolute Gasteiger partial charge is 0.756 e. The van der Waals surface area contributed by atoms with Gasteiger partial charge in [0.1, 0.15) is 13.2 Å². The molecule has 0 fully saturated rings. The number of nitrogens with zero attached hydrogens (tertiary/aromatic N) is 1. The van der Waals surface area contributed by atoms with Gasteiger partial charge in [-0.15, -0.1) is 0 Å². The van der Waals surface area contributed by atoms with Crippen LogP contribution in [0.25, 0.3) is 0 Å². The number of carbonyl (C=O) groups is 1. The Morgan fingerprint density at radius 2 is 0.792 bits per heavy atom. The molecule has 0 aliphatic heterocycles. The van der Waals surface area contributed by atoms with Crippen LogP contribution in [0.1, 0.15) is 277 Å². The summed E-state index contributed by atoms with van der Waals surface area (Å²) >= 11 is 0. The van der Waals surface area contributed by atoms with Crippen molar-refractivity contribution in [3.8, 4) is 0 Å². The minimum absolute atomic E-state index is 0.00450. The van der Waals surface area contributed by atoms with Crippen molar-refractivity contribution in [3.63, 3.8) is 0 Å². The molecule has 0 spiro atoms. The van der Waals surface area contributed by atoms with E-state index in [4.69, 9.17) is 9.05 Å². The predicted octanol–water partition coefficient (Wildman–Crippen LogP) is 19.5. The molecule has 8 nitrogen and oxygen atoms in total. The van der Waals surface area contributed by atoms with Crippen molar-refractivity contribution in [2.75, 3.05) is 40.9 Å². The number of nitrogens with one attached hydrogen (secondary N) is 1. The summed E-state index contributed by atoms with van der Waals surface area (Å²) in [5.74, 6) is -0.180. The van der Waals surface area contributed by atoms with E-state index in [1.165, 1.54) is 148 Å². The van der Waals surface area contributed by atoms with Gasteiger partial charge in [-0.1, -0.05) is 291 Å². The first-order valence-corrected chi connectivity index (χ1v) is 33.5. The SMILES string of the molecule is CC/C=C\C/C=C\C/C=C\C/C=C\C/C=C\C/C=C\C/C=C\C/C=C\CCCCCCCCC(=O)NC(COP(=O)([O-])OCC[N+](C)(C)C)C(O)CCCCCCCCCCCCCCCCCCCCCCCCCC. The van der Waals surface area contributed by atoms with Gasteiger partial charge in [-0.25, -0.2) is 0 Å². The first-order chi connectivity index (χ1) is 37.5. The number of unbranched alkanes of at least 4 members (excludes halogenated alkanes) is 29. The molecule has 0 aliphatic carbocycles. The third-order valence-electron chi connectivity index (χ3n) is 14.1. The molecule has 446 valence electrons. The van der Waals surface area contributed by atoms with Crippen LogP contribution in [0.4, 0.5) is 0 Å². The van der Waals surface area contributed by atoms with E-state index in [9.17, 15) is 19.4 Å². The molecule has 0 saturated heterocycles. The average molecular weight is 1100 g/mol. The van der Waals surface area contributed by atoms with E-state index in [1.54, 1.807) is 0 Å². The summed E-state index contributed by atoms with van der Waals surface area (Å²) in [4.78, 5) is 25.6. The molecule has 0 radical (unpaired) electrons. The lowest BCUT2D eigenvalue weighted by atomic mass is 10.0. The van der Waals surface area contributed by atoms with Crippen molar-refractivity contribution < 1.29 is 32.9 Å². The van der Waals surface area contributed by atoms with Gasteiger partial charge in [0, 0.05) is 6.42 Å². The highest BCUT2D eigenvalue weighted by molar-refractivity contribution is 7.45. The number of amides is 1. The monoisotopic (exact) mass is 1090 g/mol. The van der Waals surface area contributed by atoms with Crippen molar-refractivity contribution >= 4 is 13.7 Å². The zero-order valence-corrected chi connectivity index (χ0v) is 51.8. The summed E-state index contributed by atoms with van der Waals surface area (Å²) in [6.45, 7) is 4.62. The molecule has 0 rings (SSSR count). The Morgan fingerprint density at radius 1 is 0.468 bits per heavy atom. The third-order valence-corrected chi connectivity index (χ3v) is 15.1. The minimum atomic E-state index is -4.59. The van der Waals surface area contributed by atoms with Crippen LogP contribution >= 0.6 is 7.82 Å². The lowest BCUT2D eigenvalue weighted by Crippen LogP contribution is -2.46. The van der Waals surface area contributed by atoms with E-state index >= 15 is 0 Å². The number of carbonyl (C=O) groups excluding carboxylic acids is 1. The standard InChI is InChI=1S/C68H123N2O6P/c1-6-8-10-12-14-16-18-20-22-24-26-28-30-32-33-34-35-36-37-38-40-42-44-46-48-50-52-54-56-58-60-62-68(72)69-66(65-76-77(73,74)75-64-63-70(3,4)5)67(71)61-59-57-55-53-51-49-47-45-43-41-39-31-29-27-25-23-21-19-17-15-13-11-9-7-2/h8,10,14,16,20,22,26,28,32-33,35-36,38,40,44,46,66-67,71H,6-7,9,11-13,15,17-19,21,23-25,27,29-31,34,37,39,41-43,45,47-65H2,1-5H3,(H-,69,72,73,74)/b10-8-,16-14-,22-20-,28-26-,33-32-,36-35-,40-38-,46-44-. The fourth-order valence-corrected chi connectivity index (χ4v) is 9.84. The van der Waals surface area contributed by atoms with Gasteiger partial charge in [-0.05, 0) is 77.0 Å². The van der Waals surface area contributed by atoms with E-state index in [1.807, 2.05) is 21.1 Å². The zero-order valence-electron chi connectivity index (χ0n) is 50.9. The molecule has 9 heteroatoms. The van der Waals surface area contributed by atoms with Crippen LogP contribution in [0, 0.1) is 0 Å². The Hall–Kier alpha value is -2.58. The van der Waals surface area contributed by atoms with Gasteiger partial charge in [0.15, 0.2) is 0 Å². The molecule has 0 aromatic rings. The van der Waals surface area contributed by atoms with E-state index in [0.29, 0.717) is 23.9 Å². The van der Waals surface area contributed by atoms with Crippen molar-refractivity contribution in [1.82, 2.24) is 5.32 Å². The van der Waals surface area contributed by atoms with Crippen molar-refractivity contribution in [2.24, 2.45) is 0 Å². The minimum Gasteiger partial charge on any atom is -0.756 e. The topological polar surface area (TPSA) is 108 Å². The summed E-state index contributed by atoms with van der Waals surface area (Å²) in [5, 5.41) is 14.1. The van der Waals surface area contributed by atoms with Crippen LogP contribution < -0.4 is 10.2 Å². The lowest BCUT2D eigenvalue weighted by Gasteiger charge is -2.30. The highest BCUT2D eigenvalue weighted by atomic mass is 31.2. The number of likely N-dealkylation sites (N-methyl/N-ethyl adjacent to an activating group) is 1. The van der Waals surface area contributed by atoms with Crippen LogP contribution in [0.2, 0.25) is 0 Å². The maximum Gasteiger partial charge on any atom is 0.268 e. The molecule has 0 heterocycles. The second-order valence-corrected chi connectivity index (χ2v) is 24.2. The van der Waals surface area contributed by atoms with Gasteiger partial charge >= 0.3 is 0 Å². The molecule has 0 aliphatic rings. The summed E-state index contributed by atoms with van der Waals surface area (Å²) < 4.78 is 23.5.